The van der Waals surface area contributed by atoms with Crippen LogP contribution in [0.25, 0.3) is 33.6 Å². The number of likely N-dealkylation sites (tertiary alicyclic amines) is 2. The number of piperazine rings is 1. The largest absolute Gasteiger partial charge is 0.496 e. The van der Waals surface area contributed by atoms with Crippen LogP contribution in [0.4, 0.5) is 0 Å². The number of fused-ring (bicyclic) bond motifs is 3. The molecule has 2 aromatic carbocycles. The minimum Gasteiger partial charge on any atom is -0.496 e. The minimum atomic E-state index is 0.0338. The molecule has 3 aliphatic heterocycles. The van der Waals surface area contributed by atoms with Gasteiger partial charge in [0.15, 0.2) is 5.58 Å². The minimum absolute atomic E-state index is 0.0338. The van der Waals surface area contributed by atoms with Gasteiger partial charge < -0.3 is 23.5 Å². The fourth-order valence-corrected chi connectivity index (χ4v) is 6.47. The van der Waals surface area contributed by atoms with Crippen molar-refractivity contribution in [2.45, 2.75) is 37.5 Å². The van der Waals surface area contributed by atoms with Crippen molar-refractivity contribution in [1.82, 2.24) is 14.8 Å². The smallest absolute Gasteiger partial charge is 0.254 e. The number of hydrogen-bond donors (Lipinski definition) is 0. The van der Waals surface area contributed by atoms with Gasteiger partial charge >= 0.3 is 0 Å². The molecular weight excluding hydrogens is 532 g/mol. The van der Waals surface area contributed by atoms with Crippen LogP contribution in [0.3, 0.4) is 0 Å². The second kappa shape index (κ2) is 10.8. The van der Waals surface area contributed by atoms with Crippen molar-refractivity contribution < 1.29 is 23.4 Å². The standard InChI is InChI=1S/C33H32N4O5/c1-36-18-24-15-23(36)19-37(24)33(38)21-3-5-27(30(14-21)39-2)31-16-28-32(42-31)26(7-10-35-28)20-4-6-29(22(13-20)17-34)41-25-8-11-40-12-9-25/h3-7,10,13-14,16,23-25H,8-9,11-12,15,18-19H2,1-2H3/t23?,24-/m1/s1. The first-order valence-electron chi connectivity index (χ1n) is 14.4. The Labute approximate surface area is 244 Å². The maximum atomic E-state index is 13.4. The Hall–Kier alpha value is -4.39. The van der Waals surface area contributed by atoms with Crippen molar-refractivity contribution in [3.8, 4) is 40.0 Å². The van der Waals surface area contributed by atoms with Crippen molar-refractivity contribution in [3.63, 3.8) is 0 Å². The number of carbonyl (C=O) groups is 1. The zero-order valence-corrected chi connectivity index (χ0v) is 23.7. The molecule has 42 heavy (non-hydrogen) atoms. The lowest BCUT2D eigenvalue weighted by molar-refractivity contribution is 0.0254. The summed E-state index contributed by atoms with van der Waals surface area (Å²) in [7, 11) is 3.72. The zero-order chi connectivity index (χ0) is 28.8. The van der Waals surface area contributed by atoms with Gasteiger partial charge in [0.2, 0.25) is 0 Å². The van der Waals surface area contributed by atoms with Gasteiger partial charge in [-0.1, -0.05) is 6.07 Å². The van der Waals surface area contributed by atoms with Crippen LogP contribution >= 0.6 is 0 Å². The van der Waals surface area contributed by atoms with Gasteiger partial charge in [0, 0.05) is 61.4 Å². The summed E-state index contributed by atoms with van der Waals surface area (Å²) in [5.74, 6) is 1.75. The van der Waals surface area contributed by atoms with Crippen molar-refractivity contribution >= 4 is 17.0 Å². The molecule has 9 heteroatoms. The van der Waals surface area contributed by atoms with Gasteiger partial charge in [-0.3, -0.25) is 14.7 Å². The lowest BCUT2D eigenvalue weighted by atomic mass is 10.0. The number of benzene rings is 2. The SMILES string of the molecule is COc1cc(C(=O)N2CC3C[C@@H]2CN3C)ccc1-c1cc2nccc(-c3ccc(OC4CCOCC4)c(C#N)c3)c2o1. The lowest BCUT2D eigenvalue weighted by Crippen LogP contribution is -2.47. The highest BCUT2D eigenvalue weighted by molar-refractivity contribution is 5.97. The molecule has 4 aromatic rings. The van der Waals surface area contributed by atoms with E-state index in [-0.39, 0.29) is 18.1 Å². The third-order valence-electron chi connectivity index (χ3n) is 8.77. The topological polar surface area (TPSA) is 101 Å². The molecule has 3 fully saturated rings. The summed E-state index contributed by atoms with van der Waals surface area (Å²) < 4.78 is 23.7. The van der Waals surface area contributed by atoms with Crippen molar-refractivity contribution in [3.05, 3.63) is 65.9 Å². The molecule has 0 N–H and O–H groups in total. The van der Waals surface area contributed by atoms with E-state index in [1.807, 2.05) is 47.4 Å². The fraction of sp³-hybridized carbons (Fsp3) is 0.364. The number of likely N-dealkylation sites (N-methyl/N-ethyl adjacent to an activating group) is 1. The third kappa shape index (κ3) is 4.67. The molecule has 0 saturated carbocycles. The Morgan fingerprint density at radius 1 is 1.02 bits per heavy atom. The first kappa shape index (κ1) is 26.5. The summed E-state index contributed by atoms with van der Waals surface area (Å²) in [6, 6.07) is 17.9. The molecule has 5 heterocycles. The van der Waals surface area contributed by atoms with Crippen LogP contribution in [0.2, 0.25) is 0 Å². The van der Waals surface area contributed by atoms with Crippen LogP contribution in [-0.2, 0) is 4.74 Å². The number of nitrogens with zero attached hydrogens (tertiary/aromatic N) is 4. The lowest BCUT2D eigenvalue weighted by Gasteiger charge is -2.32. The Morgan fingerprint density at radius 2 is 1.88 bits per heavy atom. The fourth-order valence-electron chi connectivity index (χ4n) is 6.47. The Morgan fingerprint density at radius 3 is 2.62 bits per heavy atom. The van der Waals surface area contributed by atoms with E-state index in [1.165, 1.54) is 0 Å². The maximum Gasteiger partial charge on any atom is 0.254 e. The van der Waals surface area contributed by atoms with Crippen LogP contribution in [-0.4, -0.2) is 79.3 Å². The maximum absolute atomic E-state index is 13.4. The molecule has 0 aliphatic carbocycles. The average Bonchev–Trinajstić information content (AvgIpc) is 3.75. The summed E-state index contributed by atoms with van der Waals surface area (Å²) in [5.41, 5.74) is 4.75. The molecule has 7 rings (SSSR count). The predicted octanol–water partition coefficient (Wildman–Crippen LogP) is 5.13. The number of carbonyl (C=O) groups excluding carboxylic acids is 1. The third-order valence-corrected chi connectivity index (χ3v) is 8.77. The monoisotopic (exact) mass is 564 g/mol. The van der Waals surface area contributed by atoms with E-state index in [0.717, 1.165) is 49.0 Å². The van der Waals surface area contributed by atoms with Crippen LogP contribution < -0.4 is 9.47 Å². The summed E-state index contributed by atoms with van der Waals surface area (Å²) in [5, 5.41) is 9.88. The molecule has 0 spiro atoms. The van der Waals surface area contributed by atoms with Crippen molar-refractivity contribution in [1.29, 1.82) is 5.26 Å². The van der Waals surface area contributed by atoms with Gasteiger partial charge in [-0.25, -0.2) is 0 Å². The zero-order valence-electron chi connectivity index (χ0n) is 23.7. The number of ether oxygens (including phenoxy) is 3. The molecular formula is C33H32N4O5. The number of methoxy groups -OCH3 is 1. The highest BCUT2D eigenvalue weighted by Gasteiger charge is 2.43. The summed E-state index contributed by atoms with van der Waals surface area (Å²) in [6.07, 6.45) is 4.42. The highest BCUT2D eigenvalue weighted by atomic mass is 16.5. The number of nitriles is 1. The number of rotatable bonds is 6. The number of pyridine rings is 1. The number of hydrogen-bond acceptors (Lipinski definition) is 8. The first-order valence-corrected chi connectivity index (χ1v) is 14.4. The van der Waals surface area contributed by atoms with Crippen molar-refractivity contribution in [2.24, 2.45) is 0 Å². The summed E-state index contributed by atoms with van der Waals surface area (Å²) >= 11 is 0. The van der Waals surface area contributed by atoms with E-state index in [9.17, 15) is 10.1 Å². The molecule has 3 aliphatic rings. The summed E-state index contributed by atoms with van der Waals surface area (Å²) in [6.45, 7) is 3.02. The predicted molar refractivity (Wildman–Crippen MR) is 156 cm³/mol. The van der Waals surface area contributed by atoms with E-state index in [1.54, 1.807) is 19.4 Å². The van der Waals surface area contributed by atoms with Gasteiger partial charge in [-0.05, 0) is 55.4 Å². The average molecular weight is 565 g/mol. The normalized spacial score (nSPS) is 20.6. The summed E-state index contributed by atoms with van der Waals surface area (Å²) in [4.78, 5) is 22.2. The molecule has 2 bridgehead atoms. The quantitative estimate of drug-likeness (QED) is 0.318. The van der Waals surface area contributed by atoms with Gasteiger partial charge in [0.05, 0.1) is 31.5 Å². The van der Waals surface area contributed by atoms with E-state index in [4.69, 9.17) is 18.6 Å². The van der Waals surface area contributed by atoms with Gasteiger partial charge in [0.1, 0.15) is 34.9 Å². The van der Waals surface area contributed by atoms with Crippen LogP contribution in [0.15, 0.2) is 59.1 Å². The van der Waals surface area contributed by atoms with E-state index in [2.05, 4.69) is 23.0 Å². The molecule has 2 aromatic heterocycles. The van der Waals surface area contributed by atoms with Crippen LogP contribution in [0.1, 0.15) is 35.2 Å². The molecule has 1 amide bonds. The van der Waals surface area contributed by atoms with E-state index < -0.39 is 0 Å². The van der Waals surface area contributed by atoms with Crippen molar-refractivity contribution in [2.75, 3.05) is 40.5 Å². The van der Waals surface area contributed by atoms with Gasteiger partial charge in [-0.15, -0.1) is 0 Å². The second-order valence-corrected chi connectivity index (χ2v) is 11.3. The molecule has 9 nitrogen and oxygen atoms in total. The number of aromatic nitrogens is 1. The molecule has 3 saturated heterocycles. The Balaban J connectivity index is 1.18. The Bertz CT molecular complexity index is 1700. The van der Waals surface area contributed by atoms with E-state index in [0.29, 0.717) is 58.7 Å². The molecule has 0 radical (unpaired) electrons. The molecule has 1 unspecified atom stereocenters. The van der Waals surface area contributed by atoms with E-state index >= 15 is 0 Å². The number of furan rings is 1. The van der Waals surface area contributed by atoms with Gasteiger partial charge in [0.25, 0.3) is 5.91 Å². The van der Waals surface area contributed by atoms with Crippen LogP contribution in [0, 0.1) is 11.3 Å². The highest BCUT2D eigenvalue weighted by Crippen LogP contribution is 2.39. The Kier molecular flexibility index (Phi) is 6.81. The van der Waals surface area contributed by atoms with Crippen LogP contribution in [0.5, 0.6) is 11.5 Å². The molecule has 214 valence electrons. The second-order valence-electron chi connectivity index (χ2n) is 11.3. The first-order chi connectivity index (χ1) is 20.5. The van der Waals surface area contributed by atoms with Gasteiger partial charge in [-0.2, -0.15) is 5.26 Å². The number of amides is 1. The molecule has 2 atom stereocenters.